The average molecular weight is 251 g/mol. The summed E-state index contributed by atoms with van der Waals surface area (Å²) in [6.45, 7) is 2.35. The molecule has 0 aliphatic heterocycles. The summed E-state index contributed by atoms with van der Waals surface area (Å²) in [4.78, 5) is 21.7. The van der Waals surface area contributed by atoms with Crippen LogP contribution >= 0.6 is 0 Å². The third-order valence-electron chi connectivity index (χ3n) is 2.65. The highest BCUT2D eigenvalue weighted by Gasteiger charge is 2.10. The molecule has 0 aliphatic carbocycles. The molecule has 6 nitrogen and oxygen atoms in total. The highest BCUT2D eigenvalue weighted by atomic mass is 16.6. The fraction of sp³-hybridized carbons (Fsp3) is 0.417. The van der Waals surface area contributed by atoms with Gasteiger partial charge in [0, 0.05) is 24.7 Å². The number of amides is 1. The van der Waals surface area contributed by atoms with Gasteiger partial charge in [0.2, 0.25) is 5.91 Å². The van der Waals surface area contributed by atoms with E-state index in [0.29, 0.717) is 6.54 Å². The summed E-state index contributed by atoms with van der Waals surface area (Å²) in [5.41, 5.74) is 6.25. The van der Waals surface area contributed by atoms with E-state index in [9.17, 15) is 14.9 Å². The molecule has 0 bridgehead atoms. The number of carbonyl (C=O) groups is 1. The molecular formula is C12H17N3O3. The second-order valence-electron chi connectivity index (χ2n) is 4.01. The predicted molar refractivity (Wildman–Crippen MR) is 68.1 cm³/mol. The molecular weight excluding hydrogens is 234 g/mol. The Morgan fingerprint density at radius 3 is 2.50 bits per heavy atom. The number of nitro groups is 1. The van der Waals surface area contributed by atoms with Crippen LogP contribution in [-0.4, -0.2) is 23.4 Å². The Hall–Kier alpha value is -1.95. The lowest BCUT2D eigenvalue weighted by molar-refractivity contribution is -0.384. The summed E-state index contributed by atoms with van der Waals surface area (Å²) in [7, 11) is 0. The number of hydrogen-bond acceptors (Lipinski definition) is 4. The van der Waals surface area contributed by atoms with Crippen molar-refractivity contribution in [2.45, 2.75) is 25.8 Å². The Kier molecular flexibility index (Phi) is 5.26. The average Bonchev–Trinajstić information content (AvgIpc) is 2.36. The number of non-ortho nitro benzene ring substituents is 1. The Morgan fingerprint density at radius 1 is 1.44 bits per heavy atom. The van der Waals surface area contributed by atoms with Crippen LogP contribution in [0.3, 0.4) is 0 Å². The molecule has 3 N–H and O–H groups in total. The van der Waals surface area contributed by atoms with Gasteiger partial charge in [0.05, 0.1) is 11.3 Å². The highest BCUT2D eigenvalue weighted by molar-refractivity contribution is 5.78. The lowest BCUT2D eigenvalue weighted by Gasteiger charge is -2.14. The van der Waals surface area contributed by atoms with Crippen molar-refractivity contribution in [1.29, 1.82) is 0 Å². The van der Waals surface area contributed by atoms with Gasteiger partial charge in [-0.2, -0.15) is 0 Å². The molecule has 98 valence electrons. The van der Waals surface area contributed by atoms with E-state index in [2.05, 4.69) is 5.32 Å². The molecule has 1 unspecified atom stereocenters. The van der Waals surface area contributed by atoms with E-state index >= 15 is 0 Å². The van der Waals surface area contributed by atoms with E-state index in [1.165, 1.54) is 12.1 Å². The van der Waals surface area contributed by atoms with Crippen molar-refractivity contribution in [3.05, 3.63) is 39.9 Å². The van der Waals surface area contributed by atoms with E-state index in [-0.39, 0.29) is 24.1 Å². The zero-order valence-corrected chi connectivity index (χ0v) is 10.3. The first-order valence-electron chi connectivity index (χ1n) is 5.79. The second-order valence-corrected chi connectivity index (χ2v) is 4.01. The molecule has 0 aliphatic rings. The normalized spacial score (nSPS) is 11.9. The van der Waals surface area contributed by atoms with Crippen LogP contribution in [0.15, 0.2) is 24.3 Å². The fourth-order valence-corrected chi connectivity index (χ4v) is 1.53. The van der Waals surface area contributed by atoms with Crippen LogP contribution in [0.5, 0.6) is 0 Å². The standard InChI is InChI=1S/C12H17N3O3/c1-2-10(8-13)14-12(16)7-9-3-5-11(6-4-9)15(17)18/h3-6,10H,2,7-8,13H2,1H3,(H,14,16). The maximum Gasteiger partial charge on any atom is 0.269 e. The van der Waals surface area contributed by atoms with Crippen LogP contribution in [-0.2, 0) is 11.2 Å². The topological polar surface area (TPSA) is 98.3 Å². The van der Waals surface area contributed by atoms with Crippen molar-refractivity contribution in [2.24, 2.45) is 5.73 Å². The number of nitrogens with zero attached hydrogens (tertiary/aromatic N) is 1. The summed E-state index contributed by atoms with van der Waals surface area (Å²) >= 11 is 0. The first kappa shape index (κ1) is 14.1. The van der Waals surface area contributed by atoms with Gasteiger partial charge >= 0.3 is 0 Å². The predicted octanol–water partition coefficient (Wildman–Crippen LogP) is 0.991. The van der Waals surface area contributed by atoms with Gasteiger partial charge in [0.25, 0.3) is 5.69 Å². The van der Waals surface area contributed by atoms with Crippen LogP contribution in [0, 0.1) is 10.1 Å². The van der Waals surface area contributed by atoms with Gasteiger partial charge in [0.1, 0.15) is 0 Å². The number of benzene rings is 1. The van der Waals surface area contributed by atoms with Crippen LogP contribution in [0.2, 0.25) is 0 Å². The zero-order chi connectivity index (χ0) is 13.5. The molecule has 1 atom stereocenters. The number of carbonyl (C=O) groups excluding carboxylic acids is 1. The van der Waals surface area contributed by atoms with E-state index in [0.717, 1.165) is 12.0 Å². The van der Waals surface area contributed by atoms with Crippen molar-refractivity contribution >= 4 is 11.6 Å². The Labute approximate surface area is 105 Å². The molecule has 0 radical (unpaired) electrons. The Balaban J connectivity index is 2.56. The number of rotatable bonds is 6. The minimum absolute atomic E-state index is 0.0180. The van der Waals surface area contributed by atoms with E-state index in [1.54, 1.807) is 12.1 Å². The molecule has 0 aromatic heterocycles. The molecule has 6 heteroatoms. The van der Waals surface area contributed by atoms with Crippen LogP contribution in [0.4, 0.5) is 5.69 Å². The van der Waals surface area contributed by atoms with E-state index in [1.807, 2.05) is 6.92 Å². The molecule has 1 rings (SSSR count). The van der Waals surface area contributed by atoms with Gasteiger partial charge in [-0.15, -0.1) is 0 Å². The lowest BCUT2D eigenvalue weighted by atomic mass is 10.1. The molecule has 1 amide bonds. The third-order valence-corrected chi connectivity index (χ3v) is 2.65. The third kappa shape index (κ3) is 4.14. The van der Waals surface area contributed by atoms with Crippen molar-refractivity contribution in [1.82, 2.24) is 5.32 Å². The molecule has 1 aromatic carbocycles. The van der Waals surface area contributed by atoms with Crippen molar-refractivity contribution in [3.63, 3.8) is 0 Å². The number of nitro benzene ring substituents is 1. The summed E-state index contributed by atoms with van der Waals surface area (Å²) in [6, 6.07) is 5.93. The molecule has 0 heterocycles. The molecule has 1 aromatic rings. The van der Waals surface area contributed by atoms with Gasteiger partial charge in [-0.05, 0) is 12.0 Å². The molecule has 0 fully saturated rings. The smallest absolute Gasteiger partial charge is 0.269 e. The van der Waals surface area contributed by atoms with E-state index < -0.39 is 4.92 Å². The van der Waals surface area contributed by atoms with Crippen molar-refractivity contribution in [3.8, 4) is 0 Å². The molecule has 0 saturated heterocycles. The monoisotopic (exact) mass is 251 g/mol. The quantitative estimate of drug-likeness (QED) is 0.581. The van der Waals surface area contributed by atoms with Crippen molar-refractivity contribution < 1.29 is 9.72 Å². The van der Waals surface area contributed by atoms with Gasteiger partial charge in [0.15, 0.2) is 0 Å². The highest BCUT2D eigenvalue weighted by Crippen LogP contribution is 2.12. The van der Waals surface area contributed by atoms with Gasteiger partial charge < -0.3 is 11.1 Å². The molecule has 18 heavy (non-hydrogen) atoms. The number of nitrogens with one attached hydrogen (secondary N) is 1. The van der Waals surface area contributed by atoms with Crippen LogP contribution in [0.25, 0.3) is 0 Å². The number of hydrogen-bond donors (Lipinski definition) is 2. The largest absolute Gasteiger partial charge is 0.352 e. The summed E-state index contributed by atoms with van der Waals surface area (Å²) in [5, 5.41) is 13.3. The minimum Gasteiger partial charge on any atom is -0.352 e. The Bertz CT molecular complexity index is 413. The maximum atomic E-state index is 11.7. The lowest BCUT2D eigenvalue weighted by Crippen LogP contribution is -2.40. The molecule has 0 saturated carbocycles. The maximum absolute atomic E-state index is 11.7. The molecule has 0 spiro atoms. The second kappa shape index (κ2) is 6.70. The van der Waals surface area contributed by atoms with Gasteiger partial charge in [-0.1, -0.05) is 19.1 Å². The zero-order valence-electron chi connectivity index (χ0n) is 10.3. The summed E-state index contributed by atoms with van der Waals surface area (Å²) in [6.07, 6.45) is 0.983. The Morgan fingerprint density at radius 2 is 2.06 bits per heavy atom. The van der Waals surface area contributed by atoms with Crippen molar-refractivity contribution in [2.75, 3.05) is 6.54 Å². The van der Waals surface area contributed by atoms with E-state index in [4.69, 9.17) is 5.73 Å². The minimum atomic E-state index is -0.467. The summed E-state index contributed by atoms with van der Waals surface area (Å²) < 4.78 is 0. The van der Waals surface area contributed by atoms with Gasteiger partial charge in [-0.3, -0.25) is 14.9 Å². The fourth-order valence-electron chi connectivity index (χ4n) is 1.53. The first-order chi connectivity index (χ1) is 8.56. The van der Waals surface area contributed by atoms with Crippen LogP contribution in [0.1, 0.15) is 18.9 Å². The first-order valence-corrected chi connectivity index (χ1v) is 5.79. The van der Waals surface area contributed by atoms with Crippen LogP contribution < -0.4 is 11.1 Å². The SMILES string of the molecule is CCC(CN)NC(=O)Cc1ccc([N+](=O)[O-])cc1. The number of nitrogens with two attached hydrogens (primary N) is 1. The summed E-state index contributed by atoms with van der Waals surface area (Å²) in [5.74, 6) is -0.124. The van der Waals surface area contributed by atoms with Gasteiger partial charge in [-0.25, -0.2) is 0 Å².